The first-order chi connectivity index (χ1) is 10.7. The van der Waals surface area contributed by atoms with Gasteiger partial charge in [0.1, 0.15) is 6.29 Å². The number of phosphoric ester groups is 1. The van der Waals surface area contributed by atoms with Crippen LogP contribution in [0.4, 0.5) is 0 Å². The van der Waals surface area contributed by atoms with Crippen LogP contribution in [0.5, 0.6) is 0 Å². The number of aldehydes is 1. The fourth-order valence-corrected chi connectivity index (χ4v) is 2.18. The van der Waals surface area contributed by atoms with Crippen LogP contribution in [0.15, 0.2) is 0 Å². The van der Waals surface area contributed by atoms with E-state index in [0.29, 0.717) is 26.1 Å². The molecule has 0 aliphatic carbocycles. The molecular weight excluding hydrogens is 315 g/mol. The van der Waals surface area contributed by atoms with E-state index in [9.17, 15) is 14.2 Å². The van der Waals surface area contributed by atoms with Crippen molar-refractivity contribution in [1.82, 2.24) is 0 Å². The molecule has 0 saturated heterocycles. The summed E-state index contributed by atoms with van der Waals surface area (Å²) in [5.41, 5.74) is 0. The summed E-state index contributed by atoms with van der Waals surface area (Å²) >= 11 is 0. The highest BCUT2D eigenvalue weighted by molar-refractivity contribution is 7.49. The van der Waals surface area contributed by atoms with Crippen LogP contribution in [0, 0.1) is 0 Å². The highest BCUT2D eigenvalue weighted by Gasteiger charge is 2.27. The maximum Gasteiger partial charge on any atom is 0.532 e. The number of unbranched alkanes of at least 4 members (excludes halogenated alkanes) is 2. The molecule has 130 valence electrons. The van der Waals surface area contributed by atoms with Crippen LogP contribution in [0.3, 0.4) is 0 Å². The lowest BCUT2D eigenvalue weighted by Crippen LogP contribution is -2.10. The van der Waals surface area contributed by atoms with E-state index in [1.54, 1.807) is 0 Å². The second-order valence-corrected chi connectivity index (χ2v) is 5.82. The van der Waals surface area contributed by atoms with E-state index in [0.717, 1.165) is 19.1 Å². The van der Waals surface area contributed by atoms with Gasteiger partial charge in [0.25, 0.3) is 0 Å². The zero-order valence-corrected chi connectivity index (χ0v) is 13.8. The average molecular weight is 340 g/mol. The Hall–Kier alpha value is -0.790. The summed E-state index contributed by atoms with van der Waals surface area (Å²) < 4.78 is 36.6. The van der Waals surface area contributed by atoms with Gasteiger partial charge in [0, 0.05) is 19.6 Å². The van der Waals surface area contributed by atoms with Gasteiger partial charge in [-0.3, -0.25) is 13.8 Å². The van der Waals surface area contributed by atoms with E-state index in [2.05, 4.69) is 4.52 Å². The molecule has 0 aromatic rings. The van der Waals surface area contributed by atoms with Crippen LogP contribution < -0.4 is 0 Å². The predicted octanol–water partition coefficient (Wildman–Crippen LogP) is 2.11. The number of ether oxygens (including phenoxy) is 2. The maximum absolute atomic E-state index is 12.0. The molecule has 0 bridgehead atoms. The van der Waals surface area contributed by atoms with Gasteiger partial charge in [-0.1, -0.05) is 13.3 Å². The molecule has 0 N–H and O–H groups in total. The van der Waals surface area contributed by atoms with Gasteiger partial charge in [0.2, 0.25) is 0 Å². The van der Waals surface area contributed by atoms with Crippen molar-refractivity contribution in [2.75, 3.05) is 39.6 Å². The monoisotopic (exact) mass is 340 g/mol. The SMILES string of the molecule is CCCCOCCOP(=O)(OC=O)OCCOCCCC=O. The van der Waals surface area contributed by atoms with E-state index < -0.39 is 7.82 Å². The quantitative estimate of drug-likeness (QED) is 0.226. The molecule has 0 aliphatic rings. The van der Waals surface area contributed by atoms with Crippen molar-refractivity contribution in [3.8, 4) is 0 Å². The molecule has 1 unspecified atom stereocenters. The molecule has 0 saturated carbocycles. The summed E-state index contributed by atoms with van der Waals surface area (Å²) in [7, 11) is -3.92. The summed E-state index contributed by atoms with van der Waals surface area (Å²) in [6.07, 6.45) is 3.79. The van der Waals surface area contributed by atoms with Crippen LogP contribution >= 0.6 is 7.82 Å². The van der Waals surface area contributed by atoms with Gasteiger partial charge < -0.3 is 18.8 Å². The summed E-state index contributed by atoms with van der Waals surface area (Å²) in [4.78, 5) is 20.4. The van der Waals surface area contributed by atoms with Crippen molar-refractivity contribution in [2.45, 2.75) is 32.6 Å². The predicted molar refractivity (Wildman–Crippen MR) is 78.5 cm³/mol. The minimum atomic E-state index is -3.92. The number of phosphoric acid groups is 1. The highest BCUT2D eigenvalue weighted by atomic mass is 31.2. The van der Waals surface area contributed by atoms with Crippen molar-refractivity contribution in [3.63, 3.8) is 0 Å². The molecular formula is C13H25O8P. The Balaban J connectivity index is 3.78. The number of carbonyl (C=O) groups is 2. The third-order valence-corrected chi connectivity index (χ3v) is 3.72. The van der Waals surface area contributed by atoms with Gasteiger partial charge in [-0.25, -0.2) is 4.57 Å². The molecule has 0 aromatic carbocycles. The van der Waals surface area contributed by atoms with Gasteiger partial charge in [0.05, 0.1) is 26.4 Å². The summed E-state index contributed by atoms with van der Waals surface area (Å²) in [5.74, 6) is 0. The first kappa shape index (κ1) is 21.2. The Morgan fingerprint density at radius 1 is 0.864 bits per heavy atom. The minimum absolute atomic E-state index is 0.00494. The molecule has 0 aromatic heterocycles. The van der Waals surface area contributed by atoms with Gasteiger partial charge in [0.15, 0.2) is 0 Å². The van der Waals surface area contributed by atoms with Crippen molar-refractivity contribution >= 4 is 20.6 Å². The second-order valence-electron chi connectivity index (χ2n) is 4.20. The van der Waals surface area contributed by atoms with Crippen LogP contribution in [0.1, 0.15) is 32.6 Å². The van der Waals surface area contributed by atoms with Crippen LogP contribution in [-0.2, 0) is 37.2 Å². The lowest BCUT2D eigenvalue weighted by molar-refractivity contribution is -0.122. The molecule has 0 fully saturated rings. The first-order valence-corrected chi connectivity index (χ1v) is 8.75. The molecule has 1 atom stereocenters. The Kier molecular flexibility index (Phi) is 14.6. The van der Waals surface area contributed by atoms with E-state index in [-0.39, 0.29) is 32.9 Å². The topological polar surface area (TPSA) is 97.4 Å². The zero-order valence-electron chi connectivity index (χ0n) is 12.9. The molecule has 0 rings (SSSR count). The van der Waals surface area contributed by atoms with E-state index in [1.165, 1.54) is 0 Å². The summed E-state index contributed by atoms with van der Waals surface area (Å²) in [5, 5.41) is 0. The van der Waals surface area contributed by atoms with Crippen molar-refractivity contribution in [2.24, 2.45) is 0 Å². The second kappa shape index (κ2) is 15.1. The van der Waals surface area contributed by atoms with E-state index >= 15 is 0 Å². The summed E-state index contributed by atoms with van der Waals surface area (Å²) in [6, 6.07) is 0. The molecule has 0 radical (unpaired) electrons. The molecule has 0 aliphatic heterocycles. The van der Waals surface area contributed by atoms with Gasteiger partial charge in [-0.15, -0.1) is 0 Å². The van der Waals surface area contributed by atoms with Gasteiger partial charge >= 0.3 is 14.3 Å². The van der Waals surface area contributed by atoms with Crippen molar-refractivity contribution in [3.05, 3.63) is 0 Å². The summed E-state index contributed by atoms with van der Waals surface area (Å²) in [6.45, 7) is 3.38. The zero-order chi connectivity index (χ0) is 16.5. The molecule has 22 heavy (non-hydrogen) atoms. The van der Waals surface area contributed by atoms with Gasteiger partial charge in [-0.05, 0) is 12.8 Å². The standard InChI is InChI=1S/C13H25O8P/c1-2-3-7-17-9-11-19-22(16,21-13-15)20-12-10-18-8-5-4-6-14/h6,13H,2-5,7-12H2,1H3. The van der Waals surface area contributed by atoms with Crippen molar-refractivity contribution in [1.29, 1.82) is 0 Å². The van der Waals surface area contributed by atoms with E-state index in [1.807, 2.05) is 6.92 Å². The molecule has 0 spiro atoms. The maximum atomic E-state index is 12.0. The number of rotatable bonds is 17. The Morgan fingerprint density at radius 2 is 1.45 bits per heavy atom. The number of hydrogen-bond donors (Lipinski definition) is 0. The minimum Gasteiger partial charge on any atom is -0.379 e. The smallest absolute Gasteiger partial charge is 0.379 e. The van der Waals surface area contributed by atoms with Gasteiger partial charge in [-0.2, -0.15) is 0 Å². The Bertz CT molecular complexity index is 323. The van der Waals surface area contributed by atoms with Crippen molar-refractivity contribution < 1.29 is 37.2 Å². The molecule has 0 amide bonds. The Labute approximate surface area is 131 Å². The fourth-order valence-electron chi connectivity index (χ4n) is 1.29. The lowest BCUT2D eigenvalue weighted by Gasteiger charge is -2.15. The Morgan fingerprint density at radius 3 is 1.95 bits per heavy atom. The molecule has 0 heterocycles. The van der Waals surface area contributed by atoms with Crippen LogP contribution in [0.25, 0.3) is 0 Å². The van der Waals surface area contributed by atoms with E-state index in [4.69, 9.17) is 18.5 Å². The molecule has 9 heteroatoms. The van der Waals surface area contributed by atoms with Crippen LogP contribution in [-0.4, -0.2) is 52.4 Å². The van der Waals surface area contributed by atoms with Crippen LogP contribution in [0.2, 0.25) is 0 Å². The average Bonchev–Trinajstić information content (AvgIpc) is 2.50. The highest BCUT2D eigenvalue weighted by Crippen LogP contribution is 2.48. The normalized spacial score (nSPS) is 13.5. The third-order valence-electron chi connectivity index (χ3n) is 2.38. The number of hydrogen-bond acceptors (Lipinski definition) is 8. The fraction of sp³-hybridized carbons (Fsp3) is 0.846. The third kappa shape index (κ3) is 12.9. The largest absolute Gasteiger partial charge is 0.532 e. The first-order valence-electron chi connectivity index (χ1n) is 7.28. The number of carbonyl (C=O) groups excluding carboxylic acids is 2. The molecule has 8 nitrogen and oxygen atoms in total. The lowest BCUT2D eigenvalue weighted by atomic mass is 10.3.